The molecule has 0 aromatic carbocycles. The van der Waals surface area contributed by atoms with Crippen molar-refractivity contribution in [2.75, 3.05) is 20.2 Å². The predicted octanol–water partition coefficient (Wildman–Crippen LogP) is -1.04. The van der Waals surface area contributed by atoms with Crippen LogP contribution >= 0.6 is 0 Å². The molecule has 1 saturated heterocycles. The molecule has 5 N–H and O–H groups in total. The van der Waals surface area contributed by atoms with Crippen molar-refractivity contribution >= 4 is 5.91 Å². The second-order valence-electron chi connectivity index (χ2n) is 7.38. The Kier molecular flexibility index (Phi) is 9.12. The summed E-state index contributed by atoms with van der Waals surface area (Å²) in [5.41, 5.74) is 6.07. The molecule has 10 heteroatoms. The van der Waals surface area contributed by atoms with Crippen molar-refractivity contribution in [1.29, 1.82) is 0 Å². The Hall–Kier alpha value is 0.0951. The molecule has 0 bridgehead atoms. The van der Waals surface area contributed by atoms with E-state index in [4.69, 9.17) is 20.3 Å². The van der Waals surface area contributed by atoms with Crippen molar-refractivity contribution in [1.82, 2.24) is 7.98 Å². The van der Waals surface area contributed by atoms with Crippen LogP contribution in [0.2, 0.25) is 0 Å². The van der Waals surface area contributed by atoms with E-state index in [1.165, 1.54) is 0 Å². The van der Waals surface area contributed by atoms with Gasteiger partial charge >= 0.3 is 146 Å². The molecule has 26 heavy (non-hydrogen) atoms. The number of rotatable bonds is 8. The number of halogens is 1. The monoisotopic (exact) mass is 564 g/mol. The molecule has 2 fully saturated rings. The van der Waals surface area contributed by atoms with Gasteiger partial charge in [0.1, 0.15) is 0 Å². The van der Waals surface area contributed by atoms with Crippen LogP contribution in [-0.4, -0.2) is 81.8 Å². The summed E-state index contributed by atoms with van der Waals surface area (Å²) < 4.78 is 27.2. The van der Waals surface area contributed by atoms with E-state index in [9.17, 15) is 14.3 Å². The fourth-order valence-electron chi connectivity index (χ4n) is 3.51. The van der Waals surface area contributed by atoms with E-state index in [0.717, 1.165) is 6.42 Å². The average Bonchev–Trinajstić information content (AvgIpc) is 3.00. The first-order valence-electron chi connectivity index (χ1n) is 9.10. The third kappa shape index (κ3) is 6.92. The van der Waals surface area contributed by atoms with Crippen molar-refractivity contribution in [2.24, 2.45) is 5.73 Å². The molecule has 1 saturated carbocycles. The quantitative estimate of drug-likeness (QED) is 0.279. The molecule has 1 aliphatic carbocycles. The number of ether oxygens (including phenoxy) is 2. The molecule has 147 valence electrons. The Balaban J connectivity index is 1.82. The van der Waals surface area contributed by atoms with E-state index >= 15 is 0 Å². The van der Waals surface area contributed by atoms with Crippen LogP contribution in [-0.2, 0) is 40.7 Å². The van der Waals surface area contributed by atoms with Gasteiger partial charge in [-0.1, -0.05) is 0 Å². The predicted molar refractivity (Wildman–Crippen MR) is 87.1 cm³/mol. The summed E-state index contributed by atoms with van der Waals surface area (Å²) >= 11 is 0.246. The first kappa shape index (κ1) is 22.4. The molecule has 2 rings (SSSR count). The van der Waals surface area contributed by atoms with Gasteiger partial charge in [0.15, 0.2) is 0 Å². The molecule has 0 spiro atoms. The molecule has 0 aromatic rings. The van der Waals surface area contributed by atoms with Crippen molar-refractivity contribution < 1.29 is 55.3 Å². The summed E-state index contributed by atoms with van der Waals surface area (Å²) in [4.78, 5) is 12.1. The second-order valence-corrected chi connectivity index (χ2v) is 11.6. The minimum atomic E-state index is -1.68. The molecule has 0 aromatic heterocycles. The molecule has 8 nitrogen and oxygen atoms in total. The Morgan fingerprint density at radius 2 is 2.19 bits per heavy atom. The number of hydrogen-bond acceptors (Lipinski definition) is 7. The summed E-state index contributed by atoms with van der Waals surface area (Å²) in [7, 11) is 1.76. The summed E-state index contributed by atoms with van der Waals surface area (Å²) in [5.74, 6) is -0.706. The number of nitrogens with zero attached hydrogens (tertiary/aromatic N) is 1. The maximum absolute atomic E-state index is 13.9. The van der Waals surface area contributed by atoms with Crippen LogP contribution in [0.4, 0.5) is 4.39 Å². The third-order valence-electron chi connectivity index (χ3n) is 4.76. The van der Waals surface area contributed by atoms with Crippen molar-refractivity contribution in [3.63, 3.8) is 0 Å². The Morgan fingerprint density at radius 1 is 1.46 bits per heavy atom. The van der Waals surface area contributed by atoms with Gasteiger partial charge in [0.2, 0.25) is 0 Å². The van der Waals surface area contributed by atoms with Crippen LogP contribution in [0, 0.1) is 0 Å². The number of aliphatic hydroxyl groups excluding tert-OH is 2. The van der Waals surface area contributed by atoms with Crippen molar-refractivity contribution in [3.8, 4) is 0 Å². The van der Waals surface area contributed by atoms with E-state index < -0.39 is 18.2 Å². The molecule has 7 unspecified atom stereocenters. The van der Waals surface area contributed by atoms with Crippen molar-refractivity contribution in [3.05, 3.63) is 0 Å². The molecule has 1 amide bonds. The molecule has 2 aliphatic rings. The summed E-state index contributed by atoms with van der Waals surface area (Å²) in [5, 5.41) is 21.7. The van der Waals surface area contributed by atoms with Crippen LogP contribution in [0.25, 0.3) is 0 Å². The summed E-state index contributed by atoms with van der Waals surface area (Å²) in [6.07, 6.45) is -0.815. The van der Waals surface area contributed by atoms with E-state index in [1.807, 2.05) is 0 Å². The second kappa shape index (κ2) is 10.6. The fraction of sp³-hybridized carbons (Fsp3) is 0.938. The first-order valence-corrected chi connectivity index (χ1v) is 11.6. The van der Waals surface area contributed by atoms with Gasteiger partial charge < -0.3 is 5.11 Å². The zero-order chi connectivity index (χ0) is 19.3. The van der Waals surface area contributed by atoms with E-state index in [-0.39, 0.29) is 70.2 Å². The number of nitrogens with one attached hydrogen (secondary N) is 1. The number of aliphatic hydroxyl groups is 2. The Morgan fingerprint density at radius 3 is 2.81 bits per heavy atom. The van der Waals surface area contributed by atoms with E-state index in [2.05, 4.69) is 5.32 Å². The molecule has 7 atom stereocenters. The van der Waals surface area contributed by atoms with Crippen LogP contribution < -0.4 is 11.1 Å². The SMILES string of the molecule is C[N]([Hg])CC(F)C(O)C(=O)NC1CC(N)CC(OC2CCC(CO)O2)C1. The maximum atomic E-state index is 13.9. The first-order chi connectivity index (χ1) is 12.3. The van der Waals surface area contributed by atoms with Crippen LogP contribution in [0.5, 0.6) is 0 Å². The van der Waals surface area contributed by atoms with Gasteiger partial charge in [0.05, 0.1) is 12.7 Å². The summed E-state index contributed by atoms with van der Waals surface area (Å²) in [6, 6.07) is -0.423. The number of nitrogens with two attached hydrogens (primary N) is 1. The number of carbonyl (C=O) groups excluding carboxylic acids is 1. The van der Waals surface area contributed by atoms with E-state index in [1.54, 1.807) is 9.71 Å². The van der Waals surface area contributed by atoms with E-state index in [0.29, 0.717) is 25.7 Å². The Labute approximate surface area is 170 Å². The van der Waals surface area contributed by atoms with Crippen LogP contribution in [0.1, 0.15) is 32.1 Å². The molecule has 1 heterocycles. The number of alkyl halides is 1. The van der Waals surface area contributed by atoms with Gasteiger partial charge in [-0.25, -0.2) is 0 Å². The molecular formula is C16H29FHgN3O5. The molecular weight excluding hydrogens is 534 g/mol. The summed E-state index contributed by atoms with van der Waals surface area (Å²) in [6.45, 7) is 0.0279. The van der Waals surface area contributed by atoms with Gasteiger partial charge in [-0.3, -0.25) is 0 Å². The third-order valence-corrected chi connectivity index (χ3v) is 5.76. The average molecular weight is 563 g/mol. The van der Waals surface area contributed by atoms with Gasteiger partial charge in [0, 0.05) is 0 Å². The number of amides is 1. The number of hydrogen-bond donors (Lipinski definition) is 4. The van der Waals surface area contributed by atoms with Gasteiger partial charge in [-0.15, -0.1) is 0 Å². The molecule has 1 aliphatic heterocycles. The minimum absolute atomic E-state index is 0.0263. The van der Waals surface area contributed by atoms with Crippen LogP contribution in [0.3, 0.4) is 0 Å². The standard InChI is InChI=1S/C16H29FN3O5.Hg/c1-19-7-13(17)15(22)16(23)20-10-4-9(18)5-12(6-10)25-14-3-2-11(8-21)24-14;/h9-15,21-22H,2-8,18H2,1H3,(H,20,23);/q-1;+1. The molecule has 0 radical (unpaired) electrons. The van der Waals surface area contributed by atoms with Gasteiger partial charge in [-0.2, -0.15) is 0 Å². The topological polar surface area (TPSA) is 117 Å². The zero-order valence-electron chi connectivity index (χ0n) is 15.2. The Bertz CT molecular complexity index is 462. The van der Waals surface area contributed by atoms with Crippen LogP contribution in [0.15, 0.2) is 0 Å². The van der Waals surface area contributed by atoms with Gasteiger partial charge in [-0.05, 0) is 6.42 Å². The number of carbonyl (C=O) groups is 1. The van der Waals surface area contributed by atoms with Crippen molar-refractivity contribution in [2.45, 2.75) is 75.0 Å². The zero-order valence-corrected chi connectivity index (χ0v) is 20.7. The fourth-order valence-corrected chi connectivity index (χ4v) is 4.47. The van der Waals surface area contributed by atoms with Gasteiger partial charge in [0.25, 0.3) is 0 Å². The normalized spacial score (nSPS) is 34.7.